The van der Waals surface area contributed by atoms with Crippen molar-refractivity contribution in [1.29, 1.82) is 0 Å². The number of carbonyl (C=O) groups excluding carboxylic acids is 1. The van der Waals surface area contributed by atoms with E-state index in [0.717, 1.165) is 6.54 Å². The van der Waals surface area contributed by atoms with Gasteiger partial charge in [-0.3, -0.25) is 4.79 Å². The van der Waals surface area contributed by atoms with Crippen LogP contribution in [0.3, 0.4) is 0 Å². The number of nitrogens with one attached hydrogen (secondary N) is 2. The highest BCUT2D eigenvalue weighted by molar-refractivity contribution is 5.77. The smallest absolute Gasteiger partial charge is 0.258 e. The lowest BCUT2D eigenvalue weighted by Crippen LogP contribution is -2.35. The average molecular weight is 278 g/mol. The molecule has 4 nitrogen and oxygen atoms in total. The van der Waals surface area contributed by atoms with Crippen LogP contribution in [0.15, 0.2) is 24.3 Å². The molecule has 1 amide bonds. The Labute approximate surface area is 121 Å². The molecule has 0 heterocycles. The van der Waals surface area contributed by atoms with E-state index in [0.29, 0.717) is 5.75 Å². The summed E-state index contributed by atoms with van der Waals surface area (Å²) in [6, 6.07) is 7.94. The number of benzene rings is 1. The second-order valence-corrected chi connectivity index (χ2v) is 6.26. The van der Waals surface area contributed by atoms with E-state index >= 15 is 0 Å². The Morgan fingerprint density at radius 3 is 2.30 bits per heavy atom. The van der Waals surface area contributed by atoms with E-state index in [1.165, 1.54) is 5.56 Å². The summed E-state index contributed by atoms with van der Waals surface area (Å²) in [5, 5.41) is 6.21. The molecule has 2 N–H and O–H groups in total. The molecule has 0 spiro atoms. The van der Waals surface area contributed by atoms with Crippen LogP contribution in [0.25, 0.3) is 0 Å². The number of amides is 1. The summed E-state index contributed by atoms with van der Waals surface area (Å²) in [4.78, 5) is 11.5. The Balaban J connectivity index is 2.41. The molecular formula is C16H26N2O2. The molecule has 0 aliphatic heterocycles. The number of ether oxygens (including phenoxy) is 1. The van der Waals surface area contributed by atoms with E-state index in [-0.39, 0.29) is 24.1 Å². The first-order valence-electron chi connectivity index (χ1n) is 7.02. The van der Waals surface area contributed by atoms with E-state index < -0.39 is 0 Å². The Morgan fingerprint density at radius 2 is 1.80 bits per heavy atom. The van der Waals surface area contributed by atoms with E-state index in [1.807, 2.05) is 38.1 Å². The summed E-state index contributed by atoms with van der Waals surface area (Å²) in [5.74, 6) is 0.613. The topological polar surface area (TPSA) is 50.4 Å². The van der Waals surface area contributed by atoms with Gasteiger partial charge in [-0.15, -0.1) is 0 Å². The molecule has 0 radical (unpaired) electrons. The number of carbonyl (C=O) groups is 1. The zero-order valence-electron chi connectivity index (χ0n) is 13.1. The van der Waals surface area contributed by atoms with E-state index in [1.54, 1.807) is 0 Å². The normalized spacial score (nSPS) is 11.5. The first-order chi connectivity index (χ1) is 9.26. The summed E-state index contributed by atoms with van der Waals surface area (Å²) in [6.45, 7) is 11.1. The van der Waals surface area contributed by atoms with Gasteiger partial charge in [0, 0.05) is 18.1 Å². The molecule has 0 atom stereocenters. The zero-order chi connectivity index (χ0) is 15.2. The van der Waals surface area contributed by atoms with Crippen molar-refractivity contribution in [2.75, 3.05) is 6.61 Å². The molecular weight excluding hydrogens is 252 g/mol. The Kier molecular flexibility index (Phi) is 6.02. The van der Waals surface area contributed by atoms with Gasteiger partial charge >= 0.3 is 0 Å². The fourth-order valence-electron chi connectivity index (χ4n) is 1.58. The lowest BCUT2D eigenvalue weighted by molar-refractivity contribution is -0.123. The molecule has 1 aromatic rings. The van der Waals surface area contributed by atoms with Gasteiger partial charge in [-0.1, -0.05) is 12.1 Å². The minimum absolute atomic E-state index is 0.0533. The maximum atomic E-state index is 11.5. The van der Waals surface area contributed by atoms with Gasteiger partial charge in [0.1, 0.15) is 5.75 Å². The molecule has 0 fully saturated rings. The van der Waals surface area contributed by atoms with Gasteiger partial charge < -0.3 is 15.4 Å². The minimum Gasteiger partial charge on any atom is -0.484 e. The number of hydrogen-bond acceptors (Lipinski definition) is 3. The first kappa shape index (κ1) is 16.5. The molecule has 0 aliphatic rings. The Morgan fingerprint density at radius 1 is 1.20 bits per heavy atom. The van der Waals surface area contributed by atoms with Crippen molar-refractivity contribution < 1.29 is 9.53 Å². The zero-order valence-corrected chi connectivity index (χ0v) is 13.1. The van der Waals surface area contributed by atoms with Crippen LogP contribution in [-0.4, -0.2) is 24.1 Å². The highest BCUT2D eigenvalue weighted by Gasteiger charge is 2.08. The van der Waals surface area contributed by atoms with Crippen molar-refractivity contribution in [1.82, 2.24) is 10.6 Å². The molecule has 0 bridgehead atoms. The maximum Gasteiger partial charge on any atom is 0.258 e. The van der Waals surface area contributed by atoms with Crippen molar-refractivity contribution >= 4 is 5.91 Å². The summed E-state index contributed by atoms with van der Waals surface area (Å²) in [5.41, 5.74) is 1.29. The summed E-state index contributed by atoms with van der Waals surface area (Å²) in [6.07, 6.45) is 0. The van der Waals surface area contributed by atoms with Crippen molar-refractivity contribution in [3.8, 4) is 5.75 Å². The Hall–Kier alpha value is -1.55. The maximum absolute atomic E-state index is 11.5. The largest absolute Gasteiger partial charge is 0.484 e. The SMILES string of the molecule is CC(C)NC(=O)COc1ccc(CNC(C)(C)C)cc1. The lowest BCUT2D eigenvalue weighted by Gasteiger charge is -2.20. The molecule has 0 aromatic heterocycles. The third-order valence-corrected chi connectivity index (χ3v) is 2.57. The van der Waals surface area contributed by atoms with Crippen LogP contribution in [0.1, 0.15) is 40.2 Å². The van der Waals surface area contributed by atoms with Crippen LogP contribution in [0.5, 0.6) is 5.75 Å². The molecule has 0 unspecified atom stereocenters. The second-order valence-electron chi connectivity index (χ2n) is 6.26. The summed E-state index contributed by atoms with van der Waals surface area (Å²) < 4.78 is 5.44. The van der Waals surface area contributed by atoms with Crippen LogP contribution in [0.4, 0.5) is 0 Å². The highest BCUT2D eigenvalue weighted by Crippen LogP contribution is 2.13. The fraction of sp³-hybridized carbons (Fsp3) is 0.562. The van der Waals surface area contributed by atoms with Crippen molar-refractivity contribution in [3.05, 3.63) is 29.8 Å². The predicted molar refractivity (Wildman–Crippen MR) is 81.8 cm³/mol. The van der Waals surface area contributed by atoms with Crippen molar-refractivity contribution in [3.63, 3.8) is 0 Å². The van der Waals surface area contributed by atoms with Gasteiger partial charge in [0.25, 0.3) is 5.91 Å². The van der Waals surface area contributed by atoms with Gasteiger partial charge in [0.2, 0.25) is 0 Å². The molecule has 0 saturated carbocycles. The molecule has 1 rings (SSSR count). The quantitative estimate of drug-likeness (QED) is 0.840. The molecule has 4 heteroatoms. The fourth-order valence-corrected chi connectivity index (χ4v) is 1.58. The molecule has 0 aliphatic carbocycles. The molecule has 1 aromatic carbocycles. The first-order valence-corrected chi connectivity index (χ1v) is 7.02. The van der Waals surface area contributed by atoms with Gasteiger partial charge in [-0.25, -0.2) is 0 Å². The van der Waals surface area contributed by atoms with Gasteiger partial charge in [-0.05, 0) is 52.3 Å². The number of hydrogen-bond donors (Lipinski definition) is 2. The molecule has 20 heavy (non-hydrogen) atoms. The van der Waals surface area contributed by atoms with Crippen molar-refractivity contribution in [2.24, 2.45) is 0 Å². The average Bonchev–Trinajstić information content (AvgIpc) is 2.33. The van der Waals surface area contributed by atoms with Gasteiger partial charge in [-0.2, -0.15) is 0 Å². The monoisotopic (exact) mass is 278 g/mol. The van der Waals surface area contributed by atoms with Crippen LogP contribution in [0, 0.1) is 0 Å². The van der Waals surface area contributed by atoms with E-state index in [4.69, 9.17) is 4.74 Å². The van der Waals surface area contributed by atoms with Gasteiger partial charge in [0.05, 0.1) is 0 Å². The lowest BCUT2D eigenvalue weighted by atomic mass is 10.1. The van der Waals surface area contributed by atoms with Crippen molar-refractivity contribution in [2.45, 2.75) is 52.7 Å². The van der Waals surface area contributed by atoms with E-state index in [9.17, 15) is 4.79 Å². The third-order valence-electron chi connectivity index (χ3n) is 2.57. The van der Waals surface area contributed by atoms with Crippen LogP contribution >= 0.6 is 0 Å². The third kappa shape index (κ3) is 7.14. The predicted octanol–water partition coefficient (Wildman–Crippen LogP) is 2.48. The standard InChI is InChI=1S/C16H26N2O2/c1-12(2)18-15(19)11-20-14-8-6-13(7-9-14)10-17-16(3,4)5/h6-9,12,17H,10-11H2,1-5H3,(H,18,19). The highest BCUT2D eigenvalue weighted by atomic mass is 16.5. The second kappa shape index (κ2) is 7.29. The minimum atomic E-state index is -0.0986. The van der Waals surface area contributed by atoms with E-state index in [2.05, 4.69) is 31.4 Å². The summed E-state index contributed by atoms with van der Waals surface area (Å²) >= 11 is 0. The summed E-state index contributed by atoms with van der Waals surface area (Å²) in [7, 11) is 0. The molecule has 112 valence electrons. The van der Waals surface area contributed by atoms with Gasteiger partial charge in [0.15, 0.2) is 6.61 Å². The van der Waals surface area contributed by atoms with Crippen LogP contribution in [0.2, 0.25) is 0 Å². The van der Waals surface area contributed by atoms with Crippen LogP contribution < -0.4 is 15.4 Å². The number of rotatable bonds is 6. The van der Waals surface area contributed by atoms with Crippen LogP contribution in [-0.2, 0) is 11.3 Å². The molecule has 0 saturated heterocycles. The Bertz CT molecular complexity index is 419.